The van der Waals surface area contributed by atoms with Gasteiger partial charge in [0.15, 0.2) is 5.82 Å². The van der Waals surface area contributed by atoms with E-state index < -0.39 is 11.9 Å². The van der Waals surface area contributed by atoms with Gasteiger partial charge in [-0.1, -0.05) is 23.2 Å². The Morgan fingerprint density at radius 3 is 2.58 bits per heavy atom. The van der Waals surface area contributed by atoms with E-state index in [-0.39, 0.29) is 16.0 Å². The van der Waals surface area contributed by atoms with Crippen LogP contribution >= 0.6 is 23.2 Å². The van der Waals surface area contributed by atoms with Gasteiger partial charge in [-0.3, -0.25) is 4.79 Å². The summed E-state index contributed by atoms with van der Waals surface area (Å²) in [4.78, 5) is 11.8. The average molecular weight is 309 g/mol. The van der Waals surface area contributed by atoms with E-state index in [1.165, 1.54) is 12.1 Å². The predicted molar refractivity (Wildman–Crippen MR) is 74.1 cm³/mol. The summed E-state index contributed by atoms with van der Waals surface area (Å²) >= 11 is 11.3. The largest absolute Gasteiger partial charge is 0.385 e. The SMILES string of the molecule is COCCCC(N)C(=O)Nc1cc(Cl)c(F)c(Cl)c1. The smallest absolute Gasteiger partial charge is 0.241 e. The minimum absolute atomic E-state index is 0.157. The molecule has 106 valence electrons. The van der Waals surface area contributed by atoms with Crippen molar-refractivity contribution in [1.29, 1.82) is 0 Å². The minimum atomic E-state index is -0.717. The van der Waals surface area contributed by atoms with Crippen molar-refractivity contribution in [2.45, 2.75) is 18.9 Å². The highest BCUT2D eigenvalue weighted by molar-refractivity contribution is 6.35. The molecule has 0 spiro atoms. The number of halogens is 3. The lowest BCUT2D eigenvalue weighted by molar-refractivity contribution is -0.117. The number of anilines is 1. The van der Waals surface area contributed by atoms with Crippen LogP contribution < -0.4 is 11.1 Å². The number of nitrogens with two attached hydrogens (primary N) is 1. The lowest BCUT2D eigenvalue weighted by atomic mass is 10.1. The fourth-order valence-electron chi connectivity index (χ4n) is 1.44. The zero-order chi connectivity index (χ0) is 14.4. The molecule has 0 bridgehead atoms. The topological polar surface area (TPSA) is 64.3 Å². The van der Waals surface area contributed by atoms with Crippen LogP contribution in [0.1, 0.15) is 12.8 Å². The second-order valence-corrected chi connectivity index (χ2v) is 4.80. The number of hydrogen-bond acceptors (Lipinski definition) is 3. The Bertz CT molecular complexity index is 434. The number of ether oxygens (including phenoxy) is 1. The molecule has 1 aromatic rings. The molecule has 0 saturated carbocycles. The summed E-state index contributed by atoms with van der Waals surface area (Å²) in [5.74, 6) is -1.10. The minimum Gasteiger partial charge on any atom is -0.385 e. The van der Waals surface area contributed by atoms with Gasteiger partial charge >= 0.3 is 0 Å². The predicted octanol–water partition coefficient (Wildman–Crippen LogP) is 2.82. The Morgan fingerprint density at radius 2 is 2.05 bits per heavy atom. The van der Waals surface area contributed by atoms with Crippen LogP contribution in [-0.2, 0) is 9.53 Å². The first-order valence-corrected chi connectivity index (χ1v) is 6.41. The van der Waals surface area contributed by atoms with E-state index in [4.69, 9.17) is 33.7 Å². The zero-order valence-corrected chi connectivity index (χ0v) is 11.9. The van der Waals surface area contributed by atoms with Crippen molar-refractivity contribution in [2.24, 2.45) is 5.73 Å². The molecule has 0 fully saturated rings. The highest BCUT2D eigenvalue weighted by atomic mass is 35.5. The van der Waals surface area contributed by atoms with Gasteiger partial charge in [-0.2, -0.15) is 0 Å². The number of rotatable bonds is 6. The monoisotopic (exact) mass is 308 g/mol. The average Bonchev–Trinajstić information content (AvgIpc) is 2.36. The summed E-state index contributed by atoms with van der Waals surface area (Å²) < 4.78 is 18.1. The molecular weight excluding hydrogens is 294 g/mol. The molecule has 1 rings (SSSR count). The van der Waals surface area contributed by atoms with Gasteiger partial charge in [0, 0.05) is 19.4 Å². The Balaban J connectivity index is 2.61. The molecule has 0 aromatic heterocycles. The molecule has 0 saturated heterocycles. The second-order valence-electron chi connectivity index (χ2n) is 3.98. The summed E-state index contributed by atoms with van der Waals surface area (Å²) in [6.07, 6.45) is 1.17. The Hall–Kier alpha value is -0.880. The van der Waals surface area contributed by atoms with E-state index >= 15 is 0 Å². The molecule has 1 atom stereocenters. The number of carbonyl (C=O) groups excluding carboxylic acids is 1. The first-order valence-electron chi connectivity index (χ1n) is 5.65. The standard InChI is InChI=1S/C12H15Cl2FN2O2/c1-19-4-2-3-10(16)12(18)17-7-5-8(13)11(15)9(14)6-7/h5-6,10H,2-4,16H2,1H3,(H,17,18). The number of hydrogen-bond donors (Lipinski definition) is 2. The maximum absolute atomic E-state index is 13.2. The normalized spacial score (nSPS) is 12.3. The molecule has 7 heteroatoms. The summed E-state index contributed by atoms with van der Waals surface area (Å²) in [6.45, 7) is 0.537. The van der Waals surface area contributed by atoms with Gasteiger partial charge in [-0.25, -0.2) is 4.39 Å². The van der Waals surface area contributed by atoms with Crippen LogP contribution in [0.15, 0.2) is 12.1 Å². The van der Waals surface area contributed by atoms with Crippen LogP contribution in [0.3, 0.4) is 0 Å². The third kappa shape index (κ3) is 4.95. The molecular formula is C12H15Cl2FN2O2. The van der Waals surface area contributed by atoms with Crippen molar-refractivity contribution >= 4 is 34.8 Å². The van der Waals surface area contributed by atoms with Gasteiger partial charge < -0.3 is 15.8 Å². The van der Waals surface area contributed by atoms with Crippen LogP contribution in [0.2, 0.25) is 10.0 Å². The van der Waals surface area contributed by atoms with Crippen LogP contribution in [0.4, 0.5) is 10.1 Å². The molecule has 0 aliphatic heterocycles. The molecule has 0 aliphatic carbocycles. The van der Waals surface area contributed by atoms with Crippen molar-refractivity contribution in [2.75, 3.05) is 19.0 Å². The van der Waals surface area contributed by atoms with Crippen LogP contribution in [-0.4, -0.2) is 25.7 Å². The summed E-state index contributed by atoms with van der Waals surface area (Å²) in [5, 5.41) is 2.22. The molecule has 19 heavy (non-hydrogen) atoms. The lowest BCUT2D eigenvalue weighted by Gasteiger charge is -2.12. The number of carbonyl (C=O) groups is 1. The van der Waals surface area contributed by atoms with Crippen molar-refractivity contribution in [1.82, 2.24) is 0 Å². The van der Waals surface area contributed by atoms with Crippen molar-refractivity contribution in [3.8, 4) is 0 Å². The zero-order valence-electron chi connectivity index (χ0n) is 10.4. The van der Waals surface area contributed by atoms with E-state index in [9.17, 15) is 9.18 Å². The maximum Gasteiger partial charge on any atom is 0.241 e. The van der Waals surface area contributed by atoms with E-state index in [1.807, 2.05) is 0 Å². The fraction of sp³-hybridized carbons (Fsp3) is 0.417. The first-order chi connectivity index (χ1) is 8.95. The molecule has 1 amide bonds. The van der Waals surface area contributed by atoms with E-state index in [1.54, 1.807) is 7.11 Å². The van der Waals surface area contributed by atoms with Crippen molar-refractivity contribution < 1.29 is 13.9 Å². The van der Waals surface area contributed by atoms with Gasteiger partial charge in [0.1, 0.15) is 0 Å². The van der Waals surface area contributed by atoms with E-state index in [2.05, 4.69) is 5.32 Å². The number of amides is 1. The van der Waals surface area contributed by atoms with Crippen LogP contribution in [0, 0.1) is 5.82 Å². The summed E-state index contributed by atoms with van der Waals surface area (Å²) in [7, 11) is 1.58. The van der Waals surface area contributed by atoms with Gasteiger partial charge in [0.25, 0.3) is 0 Å². The van der Waals surface area contributed by atoms with Crippen molar-refractivity contribution in [3.05, 3.63) is 28.0 Å². The lowest BCUT2D eigenvalue weighted by Crippen LogP contribution is -2.35. The quantitative estimate of drug-likeness (QED) is 0.627. The molecule has 0 aliphatic rings. The molecule has 1 aromatic carbocycles. The highest BCUT2D eigenvalue weighted by Gasteiger charge is 2.15. The summed E-state index contributed by atoms with van der Waals surface area (Å²) in [6, 6.07) is 1.89. The Kier molecular flexibility index (Phi) is 6.51. The molecule has 3 N–H and O–H groups in total. The van der Waals surface area contributed by atoms with E-state index in [0.717, 1.165) is 0 Å². The Labute approximate surface area is 121 Å². The maximum atomic E-state index is 13.2. The number of benzene rings is 1. The highest BCUT2D eigenvalue weighted by Crippen LogP contribution is 2.27. The van der Waals surface area contributed by atoms with Gasteiger partial charge in [-0.15, -0.1) is 0 Å². The van der Waals surface area contributed by atoms with Gasteiger partial charge in [0.2, 0.25) is 5.91 Å². The van der Waals surface area contributed by atoms with Crippen LogP contribution in [0.25, 0.3) is 0 Å². The number of methoxy groups -OCH3 is 1. The van der Waals surface area contributed by atoms with Crippen molar-refractivity contribution in [3.63, 3.8) is 0 Å². The third-order valence-corrected chi connectivity index (χ3v) is 3.00. The molecule has 0 heterocycles. The third-order valence-electron chi connectivity index (χ3n) is 2.45. The van der Waals surface area contributed by atoms with Gasteiger partial charge in [-0.05, 0) is 25.0 Å². The Morgan fingerprint density at radius 1 is 1.47 bits per heavy atom. The van der Waals surface area contributed by atoms with Gasteiger partial charge in [0.05, 0.1) is 16.1 Å². The number of nitrogens with one attached hydrogen (secondary N) is 1. The first kappa shape index (κ1) is 16.2. The molecule has 1 unspecified atom stereocenters. The van der Waals surface area contributed by atoms with E-state index in [0.29, 0.717) is 25.1 Å². The van der Waals surface area contributed by atoms with Crippen LogP contribution in [0.5, 0.6) is 0 Å². The summed E-state index contributed by atoms with van der Waals surface area (Å²) in [5.41, 5.74) is 6.01. The second kappa shape index (κ2) is 7.65. The fourth-order valence-corrected chi connectivity index (χ4v) is 1.93. The molecule has 4 nitrogen and oxygen atoms in total. The molecule has 0 radical (unpaired) electrons.